The van der Waals surface area contributed by atoms with E-state index in [1.165, 1.54) is 23.9 Å². The van der Waals surface area contributed by atoms with Crippen LogP contribution in [-0.4, -0.2) is 108 Å². The summed E-state index contributed by atoms with van der Waals surface area (Å²) in [5.41, 5.74) is -1.66. The average Bonchev–Trinajstić information content (AvgIpc) is 3.36. The SMILES string of the molecule is CN(C)C(=O)[C@@H](NC(=O)CNC(=O)C(=O)C(CCCC(F)(F)F)NC(=O)[C@@H]1[C@@H]2[C@H](CN1C(=O)[C@@H](NC(=O)OC(C)(C)C)C(C)(C)C)C2(C)C)c1ccccc1. The Morgan fingerprint density at radius 3 is 2.05 bits per heavy atom. The number of likely N-dealkylation sites (tertiary alicyclic amines) is 1. The zero-order valence-electron chi connectivity index (χ0n) is 33.2. The van der Waals surface area contributed by atoms with Gasteiger partial charge in [-0.1, -0.05) is 65.0 Å². The number of carbonyl (C=O) groups is 7. The summed E-state index contributed by atoms with van der Waals surface area (Å²) in [5, 5.41) is 9.73. The van der Waals surface area contributed by atoms with E-state index in [0.717, 1.165) is 0 Å². The number of alkyl carbamates (subject to hydrolysis) is 1. The first kappa shape index (κ1) is 44.7. The van der Waals surface area contributed by atoms with Gasteiger partial charge < -0.3 is 35.8 Å². The van der Waals surface area contributed by atoms with E-state index in [0.29, 0.717) is 5.56 Å². The van der Waals surface area contributed by atoms with E-state index in [4.69, 9.17) is 4.74 Å². The van der Waals surface area contributed by atoms with Crippen LogP contribution in [0.5, 0.6) is 0 Å². The molecule has 306 valence electrons. The zero-order chi connectivity index (χ0) is 41.8. The summed E-state index contributed by atoms with van der Waals surface area (Å²) >= 11 is 0. The second-order valence-electron chi connectivity index (χ2n) is 17.1. The van der Waals surface area contributed by atoms with Gasteiger partial charge >= 0.3 is 12.3 Å². The third kappa shape index (κ3) is 11.9. The molecule has 0 aromatic heterocycles. The standard InChI is InChI=1S/C38H55F3N6O8/c1-35(2,3)29(45-34(54)55-36(4,5)6)33(53)47-20-22-25(37(22,7)8)27(47)30(50)43-23(17-14-18-38(39,40)41)28(49)31(51)42-19-24(48)44-26(32(52)46(9)10)21-15-12-11-13-16-21/h11-13,15-16,22-23,25-27,29H,14,17-20H2,1-10H3,(H,42,51)(H,43,50)(H,44,48)(H,45,54)/t22-,23?,25-,26-,27-,29+/m0/s1. The van der Waals surface area contributed by atoms with Crippen molar-refractivity contribution in [3.8, 4) is 0 Å². The maximum Gasteiger partial charge on any atom is 0.408 e. The Hall–Kier alpha value is -4.70. The number of nitrogens with zero attached hydrogens (tertiary/aromatic N) is 2. The molecule has 14 nitrogen and oxygen atoms in total. The Balaban J connectivity index is 1.81. The van der Waals surface area contributed by atoms with Gasteiger partial charge in [0.05, 0.1) is 12.6 Å². The smallest absolute Gasteiger partial charge is 0.408 e. The second kappa shape index (κ2) is 17.0. The first-order valence-corrected chi connectivity index (χ1v) is 18.2. The van der Waals surface area contributed by atoms with Crippen LogP contribution in [0, 0.1) is 22.7 Å². The summed E-state index contributed by atoms with van der Waals surface area (Å²) in [6.07, 6.45) is -7.91. The van der Waals surface area contributed by atoms with Crippen molar-refractivity contribution in [3.05, 3.63) is 35.9 Å². The van der Waals surface area contributed by atoms with Gasteiger partial charge in [-0.05, 0) is 61.8 Å². The molecule has 1 aromatic carbocycles. The summed E-state index contributed by atoms with van der Waals surface area (Å²) in [4.78, 5) is 95.8. The molecule has 1 aliphatic heterocycles. The Morgan fingerprint density at radius 2 is 1.53 bits per heavy atom. The molecule has 55 heavy (non-hydrogen) atoms. The third-order valence-corrected chi connectivity index (χ3v) is 9.88. The van der Waals surface area contributed by atoms with Crippen molar-refractivity contribution in [3.63, 3.8) is 0 Å². The highest BCUT2D eigenvalue weighted by molar-refractivity contribution is 6.38. The maximum absolute atomic E-state index is 14.1. The fourth-order valence-corrected chi connectivity index (χ4v) is 6.89. The molecule has 4 N–H and O–H groups in total. The molecule has 17 heteroatoms. The number of Topliss-reactive ketones (excluding diaryl/α,β-unsaturated/α-hetero) is 1. The van der Waals surface area contributed by atoms with Crippen molar-refractivity contribution >= 4 is 41.4 Å². The van der Waals surface area contributed by atoms with E-state index in [-0.39, 0.29) is 18.4 Å². The normalized spacial score (nSPS) is 20.5. The second-order valence-corrected chi connectivity index (χ2v) is 17.1. The van der Waals surface area contributed by atoms with Crippen LogP contribution in [0.4, 0.5) is 18.0 Å². The van der Waals surface area contributed by atoms with E-state index in [1.54, 1.807) is 71.9 Å². The molecule has 0 radical (unpaired) electrons. The predicted octanol–water partition coefficient (Wildman–Crippen LogP) is 3.26. The number of carbonyl (C=O) groups excluding carboxylic acids is 7. The highest BCUT2D eigenvalue weighted by Gasteiger charge is 2.70. The molecule has 6 atom stereocenters. The molecule has 0 spiro atoms. The molecule has 1 saturated heterocycles. The fraction of sp³-hybridized carbons (Fsp3) is 0.658. The Labute approximate surface area is 320 Å². The number of benzene rings is 1. The van der Waals surface area contributed by atoms with Crippen molar-refractivity contribution in [2.45, 2.75) is 111 Å². The van der Waals surface area contributed by atoms with Crippen LogP contribution in [0.1, 0.15) is 86.3 Å². The molecule has 1 saturated carbocycles. The third-order valence-electron chi connectivity index (χ3n) is 9.88. The number of rotatable bonds is 14. The molecule has 1 aliphatic carbocycles. The van der Waals surface area contributed by atoms with E-state index in [1.807, 2.05) is 13.8 Å². The number of alkyl halides is 3. The Kier molecular flexibility index (Phi) is 13.8. The lowest BCUT2D eigenvalue weighted by atomic mass is 9.85. The minimum absolute atomic E-state index is 0.130. The minimum atomic E-state index is -4.58. The van der Waals surface area contributed by atoms with Gasteiger partial charge in [0.2, 0.25) is 29.4 Å². The number of nitrogens with one attached hydrogen (secondary N) is 4. The number of hydrogen-bond donors (Lipinski definition) is 4. The van der Waals surface area contributed by atoms with Gasteiger partial charge in [0.25, 0.3) is 5.91 Å². The summed E-state index contributed by atoms with van der Waals surface area (Å²) in [6.45, 7) is 13.3. The highest BCUT2D eigenvalue weighted by atomic mass is 19.4. The molecule has 1 heterocycles. The van der Waals surface area contributed by atoms with Gasteiger partial charge in [-0.25, -0.2) is 4.79 Å². The fourth-order valence-electron chi connectivity index (χ4n) is 6.89. The molecular formula is C38H55F3N6O8. The van der Waals surface area contributed by atoms with E-state index in [2.05, 4.69) is 21.3 Å². The molecule has 3 rings (SSSR count). The zero-order valence-corrected chi connectivity index (χ0v) is 33.2. The largest absolute Gasteiger partial charge is 0.444 e. The number of hydrogen-bond acceptors (Lipinski definition) is 8. The lowest BCUT2D eigenvalue weighted by molar-refractivity contribution is -0.146. The quantitative estimate of drug-likeness (QED) is 0.208. The van der Waals surface area contributed by atoms with Crippen molar-refractivity contribution < 1.29 is 51.5 Å². The Bertz CT molecular complexity index is 1620. The number of ketones is 1. The molecule has 6 amide bonds. The van der Waals surface area contributed by atoms with Crippen molar-refractivity contribution in [2.75, 3.05) is 27.2 Å². The van der Waals surface area contributed by atoms with Gasteiger partial charge in [-0.15, -0.1) is 0 Å². The van der Waals surface area contributed by atoms with Crippen LogP contribution in [0.3, 0.4) is 0 Å². The lowest BCUT2D eigenvalue weighted by Gasteiger charge is -2.38. The number of piperidine rings is 1. The first-order valence-electron chi connectivity index (χ1n) is 18.2. The summed E-state index contributed by atoms with van der Waals surface area (Å²) in [7, 11) is 2.99. The minimum Gasteiger partial charge on any atom is -0.444 e. The van der Waals surface area contributed by atoms with Crippen LogP contribution in [0.25, 0.3) is 0 Å². The Morgan fingerprint density at radius 1 is 0.927 bits per heavy atom. The van der Waals surface area contributed by atoms with Crippen molar-refractivity contribution in [1.29, 1.82) is 0 Å². The number of likely N-dealkylation sites (N-methyl/N-ethyl adjacent to an activating group) is 1. The molecule has 2 aliphatic rings. The number of halogens is 3. The van der Waals surface area contributed by atoms with Crippen molar-refractivity contribution in [1.82, 2.24) is 31.1 Å². The molecule has 2 fully saturated rings. The highest BCUT2D eigenvalue weighted by Crippen LogP contribution is 2.65. The number of ether oxygens (including phenoxy) is 1. The first-order chi connectivity index (χ1) is 25.2. The van der Waals surface area contributed by atoms with Crippen molar-refractivity contribution in [2.24, 2.45) is 22.7 Å². The van der Waals surface area contributed by atoms with E-state index in [9.17, 15) is 46.7 Å². The van der Waals surface area contributed by atoms with Crippen LogP contribution in [0.15, 0.2) is 30.3 Å². The molecule has 1 aromatic rings. The summed E-state index contributed by atoms with van der Waals surface area (Å²) in [5.74, 6) is -5.90. The van der Waals surface area contributed by atoms with Crippen LogP contribution < -0.4 is 21.3 Å². The van der Waals surface area contributed by atoms with Gasteiger partial charge in [0.1, 0.15) is 23.7 Å². The van der Waals surface area contributed by atoms with Gasteiger partial charge in [0, 0.05) is 27.1 Å². The maximum atomic E-state index is 14.1. The van der Waals surface area contributed by atoms with Crippen LogP contribution >= 0.6 is 0 Å². The summed E-state index contributed by atoms with van der Waals surface area (Å²) in [6, 6.07) is 3.12. The van der Waals surface area contributed by atoms with Crippen LogP contribution in [0.2, 0.25) is 0 Å². The average molecular weight is 781 g/mol. The van der Waals surface area contributed by atoms with Crippen LogP contribution in [-0.2, 0) is 33.5 Å². The summed E-state index contributed by atoms with van der Waals surface area (Å²) < 4.78 is 44.8. The number of fused-ring (bicyclic) bond motifs is 1. The topological polar surface area (TPSA) is 183 Å². The van der Waals surface area contributed by atoms with Gasteiger partial charge in [-0.3, -0.25) is 28.8 Å². The van der Waals surface area contributed by atoms with E-state index >= 15 is 0 Å². The van der Waals surface area contributed by atoms with Gasteiger partial charge in [0.15, 0.2) is 0 Å². The van der Waals surface area contributed by atoms with Gasteiger partial charge in [-0.2, -0.15) is 13.2 Å². The molecule has 0 bridgehead atoms. The molecule has 1 unspecified atom stereocenters. The monoisotopic (exact) mass is 780 g/mol. The van der Waals surface area contributed by atoms with E-state index < -0.39 is 114 Å². The molecular weight excluding hydrogens is 725 g/mol. The number of amides is 6. The predicted molar refractivity (Wildman–Crippen MR) is 195 cm³/mol. The lowest BCUT2D eigenvalue weighted by Crippen LogP contribution is -2.61.